The summed E-state index contributed by atoms with van der Waals surface area (Å²) < 4.78 is 5.44. The lowest BCUT2D eigenvalue weighted by Gasteiger charge is -2.30. The summed E-state index contributed by atoms with van der Waals surface area (Å²) in [5.74, 6) is -0.785. The third-order valence-corrected chi connectivity index (χ3v) is 5.90. The van der Waals surface area contributed by atoms with E-state index in [0.717, 1.165) is 30.6 Å². The van der Waals surface area contributed by atoms with Crippen molar-refractivity contribution in [2.75, 3.05) is 20.2 Å². The molecular weight excluding hydrogens is 360 g/mol. The number of hydrogen-bond acceptors (Lipinski definition) is 6. The van der Waals surface area contributed by atoms with Gasteiger partial charge in [0, 0.05) is 51.3 Å². The Balaban J connectivity index is 1.45. The maximum atomic E-state index is 12.9. The molecule has 3 N–H and O–H groups in total. The predicted molar refractivity (Wildman–Crippen MR) is 101 cm³/mol. The molecule has 0 aliphatic carbocycles. The van der Waals surface area contributed by atoms with Gasteiger partial charge in [-0.25, -0.2) is 0 Å². The van der Waals surface area contributed by atoms with Gasteiger partial charge in [-0.1, -0.05) is 12.1 Å². The Kier molecular flexibility index (Phi) is 5.43. The number of amides is 3. The predicted octanol–water partition coefficient (Wildman–Crippen LogP) is -0.0859. The molecule has 0 radical (unpaired) electrons. The van der Waals surface area contributed by atoms with Gasteiger partial charge >= 0.3 is 0 Å². The Morgan fingerprint density at radius 3 is 2.89 bits per heavy atom. The molecular formula is C20H26N4O4. The van der Waals surface area contributed by atoms with Crippen molar-refractivity contribution in [2.24, 2.45) is 0 Å². The number of piperidine rings is 2. The Labute approximate surface area is 164 Å². The summed E-state index contributed by atoms with van der Waals surface area (Å²) in [6.07, 6.45) is 1.79. The smallest absolute Gasteiger partial charge is 0.255 e. The lowest BCUT2D eigenvalue weighted by molar-refractivity contribution is -0.136. The molecule has 0 saturated carbocycles. The van der Waals surface area contributed by atoms with Gasteiger partial charge in [-0.2, -0.15) is 0 Å². The number of hydrogen-bond donors (Lipinski definition) is 3. The lowest BCUT2D eigenvalue weighted by atomic mass is 10.0. The van der Waals surface area contributed by atoms with Crippen LogP contribution in [0.3, 0.4) is 0 Å². The molecule has 0 aromatic heterocycles. The minimum Gasteiger partial charge on any atom is -0.380 e. The minimum atomic E-state index is -0.580. The van der Waals surface area contributed by atoms with Gasteiger partial charge in [-0.15, -0.1) is 0 Å². The van der Waals surface area contributed by atoms with Crippen molar-refractivity contribution >= 4 is 17.7 Å². The number of nitrogens with one attached hydrogen (secondary N) is 3. The summed E-state index contributed by atoms with van der Waals surface area (Å²) in [5.41, 5.74) is 2.69. The summed E-state index contributed by atoms with van der Waals surface area (Å²) in [4.78, 5) is 38.1. The van der Waals surface area contributed by atoms with Crippen LogP contribution in [0.25, 0.3) is 0 Å². The van der Waals surface area contributed by atoms with Crippen molar-refractivity contribution in [3.05, 3.63) is 34.9 Å². The van der Waals surface area contributed by atoms with Crippen molar-refractivity contribution in [3.8, 4) is 0 Å². The number of methoxy groups -OCH3 is 1. The normalized spacial score (nSPS) is 27.7. The fraction of sp³-hybridized carbons (Fsp3) is 0.550. The first kappa shape index (κ1) is 19.0. The van der Waals surface area contributed by atoms with Crippen molar-refractivity contribution < 1.29 is 19.1 Å². The quantitative estimate of drug-likeness (QED) is 0.612. The number of carbonyl (C=O) groups excluding carboxylic acids is 3. The molecule has 1 aromatic rings. The average Bonchev–Trinajstić information content (AvgIpc) is 3.04. The van der Waals surface area contributed by atoms with E-state index in [0.29, 0.717) is 31.1 Å². The Bertz CT molecular complexity index is 796. The molecule has 2 fully saturated rings. The molecule has 3 aliphatic heterocycles. The van der Waals surface area contributed by atoms with Crippen LogP contribution < -0.4 is 16.0 Å². The molecule has 2 saturated heterocycles. The number of nitrogens with zero attached hydrogens (tertiary/aromatic N) is 1. The number of fused-ring (bicyclic) bond motifs is 1. The highest BCUT2D eigenvalue weighted by molar-refractivity contribution is 6.05. The second-order valence-electron chi connectivity index (χ2n) is 7.67. The molecule has 8 nitrogen and oxygen atoms in total. The third-order valence-electron chi connectivity index (χ3n) is 5.90. The molecule has 3 atom stereocenters. The highest BCUT2D eigenvalue weighted by Crippen LogP contribution is 2.29. The lowest BCUT2D eigenvalue weighted by Crippen LogP contribution is -2.52. The zero-order chi connectivity index (χ0) is 19.7. The van der Waals surface area contributed by atoms with E-state index in [1.54, 1.807) is 12.0 Å². The van der Waals surface area contributed by atoms with Gasteiger partial charge in [0.1, 0.15) is 6.04 Å². The van der Waals surface area contributed by atoms with E-state index < -0.39 is 6.04 Å². The largest absolute Gasteiger partial charge is 0.380 e. The van der Waals surface area contributed by atoms with Crippen LogP contribution in [0.1, 0.15) is 40.7 Å². The van der Waals surface area contributed by atoms with Gasteiger partial charge in [-0.3, -0.25) is 19.7 Å². The van der Waals surface area contributed by atoms with Crippen LogP contribution in [0.4, 0.5) is 0 Å². The van der Waals surface area contributed by atoms with Gasteiger partial charge < -0.3 is 20.3 Å². The summed E-state index contributed by atoms with van der Waals surface area (Å²) >= 11 is 0. The van der Waals surface area contributed by atoms with Crippen molar-refractivity contribution in [1.29, 1.82) is 0 Å². The second kappa shape index (κ2) is 7.98. The maximum absolute atomic E-state index is 12.9. The SMILES string of the molecule is CO[C@@H]1CNC[C@H](NCc2cccc3c2CN(C2CCC(=O)NC2=O)C3=O)C1. The van der Waals surface area contributed by atoms with Crippen molar-refractivity contribution in [2.45, 2.75) is 50.5 Å². The number of ether oxygens (including phenoxy) is 1. The van der Waals surface area contributed by atoms with Crippen LogP contribution in [0.2, 0.25) is 0 Å². The fourth-order valence-corrected chi connectivity index (χ4v) is 4.31. The number of rotatable bonds is 5. The molecule has 28 heavy (non-hydrogen) atoms. The van der Waals surface area contributed by atoms with Gasteiger partial charge in [0.25, 0.3) is 5.91 Å². The first-order valence-corrected chi connectivity index (χ1v) is 9.79. The van der Waals surface area contributed by atoms with Crippen LogP contribution in [0.5, 0.6) is 0 Å². The van der Waals surface area contributed by atoms with Crippen LogP contribution in [0, 0.1) is 0 Å². The summed E-state index contributed by atoms with van der Waals surface area (Å²) in [6, 6.07) is 5.45. The molecule has 1 aromatic carbocycles. The first-order chi connectivity index (χ1) is 13.6. The topological polar surface area (TPSA) is 99.8 Å². The molecule has 150 valence electrons. The average molecular weight is 386 g/mol. The van der Waals surface area contributed by atoms with E-state index in [9.17, 15) is 14.4 Å². The summed E-state index contributed by atoms with van der Waals surface area (Å²) in [6.45, 7) is 2.81. The zero-order valence-electron chi connectivity index (χ0n) is 16.0. The van der Waals surface area contributed by atoms with Gasteiger partial charge in [-0.05, 0) is 30.0 Å². The van der Waals surface area contributed by atoms with E-state index in [-0.39, 0.29) is 30.2 Å². The standard InChI is InChI=1S/C20H26N4O4/c1-28-14-7-13(9-21-10-14)22-8-12-3-2-4-15-16(12)11-24(20(15)27)17-5-6-18(25)23-19(17)26/h2-4,13-14,17,21-22H,5-11H2,1H3,(H,23,25,26)/t13-,14+,17?/m1/s1. The first-order valence-electron chi connectivity index (χ1n) is 9.79. The fourth-order valence-electron chi connectivity index (χ4n) is 4.31. The molecule has 4 rings (SSSR count). The van der Waals surface area contributed by atoms with E-state index in [1.807, 2.05) is 18.2 Å². The van der Waals surface area contributed by atoms with Gasteiger partial charge in [0.15, 0.2) is 0 Å². The van der Waals surface area contributed by atoms with Crippen molar-refractivity contribution in [3.63, 3.8) is 0 Å². The van der Waals surface area contributed by atoms with E-state index in [1.165, 1.54) is 0 Å². The Morgan fingerprint density at radius 2 is 2.11 bits per heavy atom. The summed E-state index contributed by atoms with van der Waals surface area (Å²) in [5, 5.41) is 9.27. The van der Waals surface area contributed by atoms with E-state index >= 15 is 0 Å². The van der Waals surface area contributed by atoms with Crippen LogP contribution in [0.15, 0.2) is 18.2 Å². The molecule has 0 spiro atoms. The van der Waals surface area contributed by atoms with Crippen LogP contribution in [-0.4, -0.2) is 61.0 Å². The Morgan fingerprint density at radius 1 is 1.25 bits per heavy atom. The second-order valence-corrected chi connectivity index (χ2v) is 7.67. The van der Waals surface area contributed by atoms with E-state index in [4.69, 9.17) is 4.74 Å². The van der Waals surface area contributed by atoms with Crippen LogP contribution in [-0.2, 0) is 27.4 Å². The zero-order valence-corrected chi connectivity index (χ0v) is 16.0. The molecule has 3 heterocycles. The minimum absolute atomic E-state index is 0.134. The Hall–Kier alpha value is -2.29. The molecule has 8 heteroatoms. The molecule has 0 bridgehead atoms. The van der Waals surface area contributed by atoms with E-state index in [2.05, 4.69) is 16.0 Å². The van der Waals surface area contributed by atoms with Crippen molar-refractivity contribution in [1.82, 2.24) is 20.9 Å². The monoisotopic (exact) mass is 386 g/mol. The molecule has 3 amide bonds. The van der Waals surface area contributed by atoms with Gasteiger partial charge in [0.05, 0.1) is 6.10 Å². The highest BCUT2D eigenvalue weighted by Gasteiger charge is 2.39. The van der Waals surface area contributed by atoms with Crippen LogP contribution >= 0.6 is 0 Å². The third kappa shape index (κ3) is 3.67. The van der Waals surface area contributed by atoms with Gasteiger partial charge in [0.2, 0.25) is 11.8 Å². The summed E-state index contributed by atoms with van der Waals surface area (Å²) in [7, 11) is 1.73. The number of carbonyl (C=O) groups is 3. The maximum Gasteiger partial charge on any atom is 0.255 e. The number of benzene rings is 1. The number of imide groups is 1. The molecule has 3 aliphatic rings. The highest BCUT2D eigenvalue weighted by atomic mass is 16.5. The molecule has 1 unspecified atom stereocenters.